The van der Waals surface area contributed by atoms with E-state index in [9.17, 15) is 0 Å². The fourth-order valence-electron chi connectivity index (χ4n) is 3.95. The SMILES string of the molecule is CCNC(=NCCCc1nnc(SC)n1CC(C)C)NCCCN1CCCCC1C.I. The Labute approximate surface area is 211 Å². The molecule has 31 heavy (non-hydrogen) atoms. The van der Waals surface area contributed by atoms with Crippen LogP contribution >= 0.6 is 35.7 Å². The lowest BCUT2D eigenvalue weighted by molar-refractivity contribution is 0.159. The molecule has 2 N–H and O–H groups in total. The van der Waals surface area contributed by atoms with E-state index < -0.39 is 0 Å². The lowest BCUT2D eigenvalue weighted by Gasteiger charge is -2.33. The van der Waals surface area contributed by atoms with E-state index in [-0.39, 0.29) is 24.0 Å². The van der Waals surface area contributed by atoms with Crippen molar-refractivity contribution >= 4 is 41.7 Å². The number of halogens is 1. The Morgan fingerprint density at radius 2 is 2.03 bits per heavy atom. The van der Waals surface area contributed by atoms with Gasteiger partial charge in [0, 0.05) is 45.2 Å². The number of rotatable bonds is 12. The van der Waals surface area contributed by atoms with Gasteiger partial charge in [-0.2, -0.15) is 0 Å². The standard InChI is InChI=1S/C22H43N7S.HI/c1-6-23-21(25-14-10-16-28-15-8-7-11-19(28)4)24-13-9-12-20-26-27-22(30-5)29(20)17-18(2)3;/h18-19H,6-17H2,1-5H3,(H2,23,24,25);1H. The van der Waals surface area contributed by atoms with Crippen molar-refractivity contribution < 1.29 is 0 Å². The van der Waals surface area contributed by atoms with E-state index in [1.165, 1.54) is 32.4 Å². The first-order valence-electron chi connectivity index (χ1n) is 11.8. The first-order chi connectivity index (χ1) is 14.5. The molecular formula is C22H44IN7S. The van der Waals surface area contributed by atoms with Crippen molar-refractivity contribution in [3.8, 4) is 0 Å². The quantitative estimate of drug-likeness (QED) is 0.131. The van der Waals surface area contributed by atoms with E-state index >= 15 is 0 Å². The summed E-state index contributed by atoms with van der Waals surface area (Å²) in [6, 6.07) is 0.741. The molecule has 180 valence electrons. The van der Waals surface area contributed by atoms with Crippen molar-refractivity contribution in [3.05, 3.63) is 5.82 Å². The third-order valence-corrected chi connectivity index (χ3v) is 6.22. The summed E-state index contributed by atoms with van der Waals surface area (Å²) in [5.74, 6) is 2.59. The molecule has 0 bridgehead atoms. The highest BCUT2D eigenvalue weighted by atomic mass is 127. The number of piperidine rings is 1. The van der Waals surface area contributed by atoms with Gasteiger partial charge in [0.15, 0.2) is 11.1 Å². The highest BCUT2D eigenvalue weighted by Gasteiger charge is 2.17. The minimum atomic E-state index is 0. The van der Waals surface area contributed by atoms with Crippen LogP contribution in [0.3, 0.4) is 0 Å². The number of likely N-dealkylation sites (tertiary alicyclic amines) is 1. The Morgan fingerprint density at radius 3 is 2.71 bits per heavy atom. The molecule has 2 heterocycles. The van der Waals surface area contributed by atoms with Crippen LogP contribution in [0, 0.1) is 5.92 Å². The van der Waals surface area contributed by atoms with Crippen LogP contribution in [0.1, 0.15) is 65.6 Å². The summed E-state index contributed by atoms with van der Waals surface area (Å²) in [4.78, 5) is 7.39. The van der Waals surface area contributed by atoms with Crippen LogP contribution < -0.4 is 10.6 Å². The number of aryl methyl sites for hydroxylation is 1. The van der Waals surface area contributed by atoms with E-state index in [0.29, 0.717) is 5.92 Å². The largest absolute Gasteiger partial charge is 0.357 e. The Morgan fingerprint density at radius 1 is 1.23 bits per heavy atom. The van der Waals surface area contributed by atoms with Gasteiger partial charge in [-0.05, 0) is 58.2 Å². The molecule has 1 aromatic rings. The van der Waals surface area contributed by atoms with Gasteiger partial charge in [0.2, 0.25) is 0 Å². The number of guanidine groups is 1. The lowest BCUT2D eigenvalue weighted by atomic mass is 10.0. The van der Waals surface area contributed by atoms with Gasteiger partial charge in [0.1, 0.15) is 5.82 Å². The second-order valence-corrected chi connectivity index (χ2v) is 9.41. The summed E-state index contributed by atoms with van der Waals surface area (Å²) in [5, 5.41) is 16.6. The molecule has 0 aliphatic carbocycles. The van der Waals surface area contributed by atoms with Gasteiger partial charge in [0.05, 0.1) is 0 Å². The lowest BCUT2D eigenvalue weighted by Crippen LogP contribution is -2.41. The van der Waals surface area contributed by atoms with Crippen LogP contribution in [0.15, 0.2) is 10.1 Å². The highest BCUT2D eigenvalue weighted by Crippen LogP contribution is 2.17. The maximum absolute atomic E-state index is 4.76. The van der Waals surface area contributed by atoms with Crippen molar-refractivity contribution in [1.29, 1.82) is 0 Å². The van der Waals surface area contributed by atoms with Crippen LogP contribution in [0.4, 0.5) is 0 Å². The molecule has 0 radical (unpaired) electrons. The number of aliphatic imine (C=N–C) groups is 1. The molecule has 0 aromatic carbocycles. The average molecular weight is 566 g/mol. The van der Waals surface area contributed by atoms with E-state index in [0.717, 1.165) is 68.4 Å². The van der Waals surface area contributed by atoms with Crippen molar-refractivity contribution in [1.82, 2.24) is 30.3 Å². The highest BCUT2D eigenvalue weighted by molar-refractivity contribution is 14.0. The number of aromatic nitrogens is 3. The summed E-state index contributed by atoms with van der Waals surface area (Å²) in [6.07, 6.45) is 9.20. The minimum Gasteiger partial charge on any atom is -0.357 e. The average Bonchev–Trinajstić information content (AvgIpc) is 3.10. The van der Waals surface area contributed by atoms with Gasteiger partial charge in [-0.15, -0.1) is 34.2 Å². The van der Waals surface area contributed by atoms with Gasteiger partial charge >= 0.3 is 0 Å². The Balaban J connectivity index is 0.00000480. The van der Waals surface area contributed by atoms with Crippen molar-refractivity contribution in [2.45, 2.75) is 84.0 Å². The van der Waals surface area contributed by atoms with Crippen molar-refractivity contribution in [2.75, 3.05) is 39.0 Å². The van der Waals surface area contributed by atoms with Gasteiger partial charge in [0.25, 0.3) is 0 Å². The summed E-state index contributed by atoms with van der Waals surface area (Å²) in [6.45, 7) is 15.0. The molecule has 1 aromatic heterocycles. The molecule has 0 spiro atoms. The van der Waals surface area contributed by atoms with Crippen LogP contribution in [0.25, 0.3) is 0 Å². The van der Waals surface area contributed by atoms with Crippen LogP contribution in [-0.2, 0) is 13.0 Å². The third-order valence-electron chi connectivity index (χ3n) is 5.55. The smallest absolute Gasteiger partial charge is 0.191 e. The second-order valence-electron chi connectivity index (χ2n) is 8.63. The predicted molar refractivity (Wildman–Crippen MR) is 144 cm³/mol. The van der Waals surface area contributed by atoms with Crippen LogP contribution in [0.5, 0.6) is 0 Å². The first-order valence-corrected chi connectivity index (χ1v) is 13.0. The van der Waals surface area contributed by atoms with Gasteiger partial charge in [-0.3, -0.25) is 4.99 Å². The summed E-state index contributed by atoms with van der Waals surface area (Å²) >= 11 is 1.67. The Bertz CT molecular complexity index is 635. The van der Waals surface area contributed by atoms with Crippen molar-refractivity contribution in [2.24, 2.45) is 10.9 Å². The zero-order chi connectivity index (χ0) is 21.8. The molecular weight excluding hydrogens is 521 g/mol. The topological polar surface area (TPSA) is 70.4 Å². The maximum Gasteiger partial charge on any atom is 0.191 e. The van der Waals surface area contributed by atoms with Crippen LogP contribution in [-0.4, -0.2) is 70.6 Å². The first kappa shape index (κ1) is 28.5. The molecule has 1 aliphatic rings. The Hall–Kier alpha value is -0.550. The fraction of sp³-hybridized carbons (Fsp3) is 0.864. The summed E-state index contributed by atoms with van der Waals surface area (Å²) in [5.41, 5.74) is 0. The minimum absolute atomic E-state index is 0. The number of hydrogen-bond donors (Lipinski definition) is 2. The zero-order valence-corrected chi connectivity index (χ0v) is 23.3. The second kappa shape index (κ2) is 16.1. The van der Waals surface area contributed by atoms with Gasteiger partial charge < -0.3 is 20.1 Å². The van der Waals surface area contributed by atoms with Crippen LogP contribution in [0.2, 0.25) is 0 Å². The maximum atomic E-state index is 4.76. The summed E-state index contributed by atoms with van der Waals surface area (Å²) < 4.78 is 2.27. The molecule has 9 heteroatoms. The fourth-order valence-corrected chi connectivity index (χ4v) is 4.47. The molecule has 7 nitrogen and oxygen atoms in total. The molecule has 1 atom stereocenters. The molecule has 1 aliphatic heterocycles. The number of nitrogens with zero attached hydrogens (tertiary/aromatic N) is 5. The molecule has 1 saturated heterocycles. The molecule has 1 fully saturated rings. The monoisotopic (exact) mass is 565 g/mol. The zero-order valence-electron chi connectivity index (χ0n) is 20.2. The summed E-state index contributed by atoms with van der Waals surface area (Å²) in [7, 11) is 0. The van der Waals surface area contributed by atoms with E-state index in [1.54, 1.807) is 11.8 Å². The number of hydrogen-bond acceptors (Lipinski definition) is 5. The van der Waals surface area contributed by atoms with E-state index in [1.807, 2.05) is 0 Å². The molecule has 1 unspecified atom stereocenters. The number of nitrogens with one attached hydrogen (secondary N) is 2. The van der Waals surface area contributed by atoms with E-state index in [4.69, 9.17) is 4.99 Å². The third kappa shape index (κ3) is 10.3. The van der Waals surface area contributed by atoms with Crippen molar-refractivity contribution in [3.63, 3.8) is 0 Å². The van der Waals surface area contributed by atoms with Gasteiger partial charge in [-0.25, -0.2) is 0 Å². The normalized spacial score (nSPS) is 17.6. The molecule has 2 rings (SSSR count). The van der Waals surface area contributed by atoms with Gasteiger partial charge in [-0.1, -0.05) is 32.0 Å². The Kier molecular flexibility index (Phi) is 14.8. The van der Waals surface area contributed by atoms with E-state index in [2.05, 4.69) is 64.2 Å². The molecule has 0 saturated carbocycles. The predicted octanol–water partition coefficient (Wildman–Crippen LogP) is 4.03. The number of thioether (sulfide) groups is 1. The molecule has 0 amide bonds.